The lowest BCUT2D eigenvalue weighted by atomic mass is 10.1. The van der Waals surface area contributed by atoms with E-state index in [4.69, 9.17) is 42.7 Å². The zero-order valence-corrected chi connectivity index (χ0v) is 22.7. The summed E-state index contributed by atoms with van der Waals surface area (Å²) in [5.41, 5.74) is 15.2. The van der Waals surface area contributed by atoms with Gasteiger partial charge in [-0.15, -0.1) is 0 Å². The Balaban J connectivity index is -0.000000191. The van der Waals surface area contributed by atoms with Gasteiger partial charge in [0.1, 0.15) is 30.7 Å². The molecule has 38 heavy (non-hydrogen) atoms. The third-order valence-electron chi connectivity index (χ3n) is 4.24. The predicted octanol–water partition coefficient (Wildman–Crippen LogP) is -1.44. The van der Waals surface area contributed by atoms with Crippen LogP contribution in [0.5, 0.6) is 0 Å². The molecule has 1 aliphatic heterocycles. The Morgan fingerprint density at radius 3 is 1.24 bits per heavy atom. The maximum Gasteiger partial charge on any atom is 0.322 e. The number of rotatable bonds is 8. The van der Waals surface area contributed by atoms with Gasteiger partial charge in [-0.25, -0.2) is 0 Å². The minimum absolute atomic E-state index is 0.0208. The molecule has 0 aliphatic carbocycles. The number of aliphatic carboxylic acids is 5. The maximum atomic E-state index is 10.1. The van der Waals surface area contributed by atoms with Crippen molar-refractivity contribution in [1.29, 1.82) is 0 Å². The molecule has 16 nitrogen and oxygen atoms in total. The maximum absolute atomic E-state index is 10.1. The van der Waals surface area contributed by atoms with E-state index in [0.29, 0.717) is 0 Å². The summed E-state index contributed by atoms with van der Waals surface area (Å²) < 4.78 is 0. The van der Waals surface area contributed by atoms with Crippen molar-refractivity contribution in [2.24, 2.45) is 29.0 Å². The number of nitrogens with two attached hydrogens (primary N) is 3. The van der Waals surface area contributed by atoms with E-state index in [1.807, 2.05) is 0 Å². The second-order valence-electron chi connectivity index (χ2n) is 8.63. The molecule has 1 amide bonds. The summed E-state index contributed by atoms with van der Waals surface area (Å²) >= 11 is 0. The van der Waals surface area contributed by atoms with E-state index in [9.17, 15) is 28.8 Å². The minimum atomic E-state index is -1.03. The lowest BCUT2D eigenvalue weighted by Crippen LogP contribution is -2.34. The predicted molar refractivity (Wildman–Crippen MR) is 137 cm³/mol. The van der Waals surface area contributed by atoms with Crippen LogP contribution < -0.4 is 27.8 Å². The van der Waals surface area contributed by atoms with Crippen LogP contribution in [0.2, 0.25) is 0 Å². The number of hydrogen-bond donors (Lipinski definition) is 10. The van der Waals surface area contributed by atoms with Crippen molar-refractivity contribution in [3.05, 3.63) is 0 Å². The first-order valence-electron chi connectivity index (χ1n) is 11.6. The van der Waals surface area contributed by atoms with Crippen molar-refractivity contribution in [3.8, 4) is 0 Å². The first-order chi connectivity index (χ1) is 17.2. The smallest absolute Gasteiger partial charge is 0.322 e. The normalized spacial score (nSPS) is 15.7. The molecule has 0 bridgehead atoms. The molecule has 224 valence electrons. The summed E-state index contributed by atoms with van der Waals surface area (Å²) in [6.45, 7) is 10.4. The second-order valence-corrected chi connectivity index (χ2v) is 8.63. The number of nitrogens with one attached hydrogen (secondary N) is 2. The van der Waals surface area contributed by atoms with Crippen LogP contribution in [0.4, 0.5) is 0 Å². The molecule has 0 aromatic heterocycles. The molecule has 1 heterocycles. The number of amides is 1. The fourth-order valence-corrected chi connectivity index (χ4v) is 1.67. The molecule has 16 heteroatoms. The van der Waals surface area contributed by atoms with E-state index >= 15 is 0 Å². The van der Waals surface area contributed by atoms with E-state index < -0.39 is 48.0 Å². The fourth-order valence-electron chi connectivity index (χ4n) is 1.67. The van der Waals surface area contributed by atoms with E-state index in [1.54, 1.807) is 27.7 Å². The molecule has 1 fully saturated rings. The van der Waals surface area contributed by atoms with E-state index in [2.05, 4.69) is 10.6 Å². The molecule has 0 spiro atoms. The van der Waals surface area contributed by atoms with Crippen LogP contribution in [0, 0.1) is 11.8 Å². The summed E-state index contributed by atoms with van der Waals surface area (Å²) in [4.78, 5) is 59.4. The third-order valence-corrected chi connectivity index (χ3v) is 4.24. The summed E-state index contributed by atoms with van der Waals surface area (Å²) in [7, 11) is 0. The van der Waals surface area contributed by atoms with Crippen LogP contribution in [-0.4, -0.2) is 98.5 Å². The Kier molecular flexibility index (Phi) is 26.4. The number of carboxylic acid groups (broad SMARTS) is 5. The van der Waals surface area contributed by atoms with Gasteiger partial charge in [0.05, 0.1) is 0 Å². The van der Waals surface area contributed by atoms with E-state index in [-0.39, 0.29) is 30.3 Å². The summed E-state index contributed by atoms with van der Waals surface area (Å²) in [6, 6.07) is -2.43. The standard InChI is InChI=1S/C5H9NO2.2C5H11NO2.C4H7NO3.C3H7NO2/c7-5(8)4-2-1-3-6-4;2*1-3(2)4(6)5(7)8;1-3(6)5-2-4(7)8;1-2(4)3(5)6/h4,6H,1-3H2,(H,7,8);2*3-4H,6H2,1-2H3,(H,7,8);2H2,1H3,(H,5,6)(H,7,8);2H,4H2,1H3,(H,5,6)/t3*4-;;2-/m000.0/s1. The molecular weight excluding hydrogens is 510 g/mol. The lowest BCUT2D eigenvalue weighted by molar-refractivity contribution is -0.140. The monoisotopic (exact) mass is 555 g/mol. The minimum Gasteiger partial charge on any atom is -0.480 e. The SMILES string of the molecule is CC(=O)NCC(=O)O.CC(C)[C@H](N)C(=O)O.CC(C)[C@H](N)C(=O)O.C[C@H](N)C(=O)O.O=C(O)[C@@H]1CCCN1. The van der Waals surface area contributed by atoms with Crippen molar-refractivity contribution >= 4 is 35.8 Å². The van der Waals surface area contributed by atoms with Crippen LogP contribution in [0.15, 0.2) is 0 Å². The lowest BCUT2D eigenvalue weighted by Gasteiger charge is -2.07. The summed E-state index contributed by atoms with van der Waals surface area (Å²) in [5.74, 6) is -4.86. The molecule has 13 N–H and O–H groups in total. The van der Waals surface area contributed by atoms with Crippen molar-refractivity contribution < 1.29 is 54.3 Å². The Morgan fingerprint density at radius 1 is 0.789 bits per heavy atom. The summed E-state index contributed by atoms with van der Waals surface area (Å²) in [6.07, 6.45) is 1.78. The van der Waals surface area contributed by atoms with Gasteiger partial charge in [0.2, 0.25) is 5.91 Å². The molecule has 0 radical (unpaired) electrons. The van der Waals surface area contributed by atoms with Crippen molar-refractivity contribution in [2.45, 2.75) is 78.6 Å². The first kappa shape index (κ1) is 41.8. The van der Waals surface area contributed by atoms with Gasteiger partial charge in [-0.1, -0.05) is 27.7 Å². The van der Waals surface area contributed by atoms with Gasteiger partial charge >= 0.3 is 29.8 Å². The van der Waals surface area contributed by atoms with E-state index in [1.165, 1.54) is 13.8 Å². The second kappa shape index (κ2) is 24.0. The third kappa shape index (κ3) is 30.7. The first-order valence-corrected chi connectivity index (χ1v) is 11.6. The molecule has 1 saturated heterocycles. The molecule has 0 saturated carbocycles. The molecule has 0 unspecified atom stereocenters. The van der Waals surface area contributed by atoms with Gasteiger partial charge in [0.25, 0.3) is 0 Å². The average Bonchev–Trinajstić information content (AvgIpc) is 3.33. The van der Waals surface area contributed by atoms with Gasteiger partial charge in [0.15, 0.2) is 0 Å². The highest BCUT2D eigenvalue weighted by atomic mass is 16.4. The van der Waals surface area contributed by atoms with Gasteiger partial charge < -0.3 is 53.4 Å². The molecule has 1 rings (SSSR count). The topological polar surface area (TPSA) is 306 Å². The summed E-state index contributed by atoms with van der Waals surface area (Å²) in [5, 5.41) is 45.6. The zero-order chi connectivity index (χ0) is 31.2. The van der Waals surface area contributed by atoms with Crippen LogP contribution in [0.1, 0.15) is 54.4 Å². The number of carbonyl (C=O) groups is 6. The highest BCUT2D eigenvalue weighted by Gasteiger charge is 2.20. The largest absolute Gasteiger partial charge is 0.480 e. The van der Waals surface area contributed by atoms with Crippen LogP contribution >= 0.6 is 0 Å². The van der Waals surface area contributed by atoms with Crippen molar-refractivity contribution in [2.75, 3.05) is 13.1 Å². The van der Waals surface area contributed by atoms with Crippen LogP contribution in [0.25, 0.3) is 0 Å². The molecule has 4 atom stereocenters. The van der Waals surface area contributed by atoms with Crippen molar-refractivity contribution in [3.63, 3.8) is 0 Å². The van der Waals surface area contributed by atoms with Crippen molar-refractivity contribution in [1.82, 2.24) is 10.6 Å². The van der Waals surface area contributed by atoms with Gasteiger partial charge in [-0.3, -0.25) is 28.8 Å². The Morgan fingerprint density at radius 2 is 1.16 bits per heavy atom. The number of carbonyl (C=O) groups excluding carboxylic acids is 1. The van der Waals surface area contributed by atoms with Crippen LogP contribution in [-0.2, 0) is 28.8 Å². The molecule has 0 aromatic carbocycles. The quantitative estimate of drug-likeness (QED) is 0.164. The Hall–Kier alpha value is -3.34. The Labute approximate surface area is 221 Å². The van der Waals surface area contributed by atoms with E-state index in [0.717, 1.165) is 19.4 Å². The Bertz CT molecular complexity index is 670. The molecule has 0 aromatic rings. The average molecular weight is 556 g/mol. The molecular formula is C22H45N5O11. The van der Waals surface area contributed by atoms with Gasteiger partial charge in [0, 0.05) is 6.92 Å². The van der Waals surface area contributed by atoms with Crippen LogP contribution in [0.3, 0.4) is 0 Å². The zero-order valence-electron chi connectivity index (χ0n) is 22.7. The number of hydrogen-bond acceptors (Lipinski definition) is 10. The highest BCUT2D eigenvalue weighted by molar-refractivity contribution is 5.79. The highest BCUT2D eigenvalue weighted by Crippen LogP contribution is 2.03. The van der Waals surface area contributed by atoms with Gasteiger partial charge in [-0.2, -0.15) is 0 Å². The number of carboxylic acids is 5. The van der Waals surface area contributed by atoms with Gasteiger partial charge in [-0.05, 0) is 38.1 Å². The fraction of sp³-hybridized carbons (Fsp3) is 0.727. The molecule has 1 aliphatic rings.